The number of sulfonamides is 1. The third-order valence-electron chi connectivity index (χ3n) is 3.68. The van der Waals surface area contributed by atoms with Crippen LogP contribution in [-0.4, -0.2) is 54.5 Å². The normalized spacial score (nSPS) is 27.0. The number of piperidine rings is 1. The molecule has 0 aromatic rings. The summed E-state index contributed by atoms with van der Waals surface area (Å²) in [5, 5.41) is 0. The fourth-order valence-corrected chi connectivity index (χ4v) is 4.34. The minimum Gasteiger partial charge on any atom is -0.301 e. The summed E-state index contributed by atoms with van der Waals surface area (Å²) in [6.45, 7) is 6.03. The fourth-order valence-electron chi connectivity index (χ4n) is 2.65. The standard InChI is InChI=1S/C11H20N2O3S/c1-9(2)12-6-3-10(4-7-12)13-11(14)5-8-17(13,15)16/h9-10H,3-8H2,1-2H3. The first-order valence-corrected chi connectivity index (χ1v) is 7.82. The van der Waals surface area contributed by atoms with Crippen molar-refractivity contribution in [2.75, 3.05) is 18.8 Å². The number of amides is 1. The average Bonchev–Trinajstić information content (AvgIpc) is 2.53. The number of hydrogen-bond donors (Lipinski definition) is 0. The largest absolute Gasteiger partial charge is 0.301 e. The predicted molar refractivity (Wildman–Crippen MR) is 65.0 cm³/mol. The maximum atomic E-state index is 11.8. The zero-order valence-corrected chi connectivity index (χ0v) is 11.2. The molecule has 2 aliphatic heterocycles. The van der Waals surface area contributed by atoms with E-state index >= 15 is 0 Å². The van der Waals surface area contributed by atoms with E-state index in [4.69, 9.17) is 0 Å². The molecule has 0 unspecified atom stereocenters. The van der Waals surface area contributed by atoms with Crippen LogP contribution in [0.2, 0.25) is 0 Å². The number of likely N-dealkylation sites (tertiary alicyclic amines) is 1. The lowest BCUT2D eigenvalue weighted by molar-refractivity contribution is -0.127. The third-order valence-corrected chi connectivity index (χ3v) is 5.50. The Hall–Kier alpha value is -0.620. The van der Waals surface area contributed by atoms with Gasteiger partial charge in [0.1, 0.15) is 0 Å². The summed E-state index contributed by atoms with van der Waals surface area (Å²) >= 11 is 0. The van der Waals surface area contributed by atoms with Crippen molar-refractivity contribution in [3.05, 3.63) is 0 Å². The number of rotatable bonds is 2. The van der Waals surface area contributed by atoms with Crippen molar-refractivity contribution in [3.8, 4) is 0 Å². The molecule has 0 spiro atoms. The van der Waals surface area contributed by atoms with Gasteiger partial charge in [0.05, 0.1) is 11.8 Å². The molecule has 0 N–H and O–H groups in total. The molecule has 98 valence electrons. The Labute approximate surface area is 103 Å². The molecule has 0 aliphatic carbocycles. The van der Waals surface area contributed by atoms with E-state index in [1.807, 2.05) is 0 Å². The van der Waals surface area contributed by atoms with E-state index in [-0.39, 0.29) is 24.1 Å². The highest BCUT2D eigenvalue weighted by molar-refractivity contribution is 7.90. The van der Waals surface area contributed by atoms with Gasteiger partial charge in [0, 0.05) is 25.6 Å². The van der Waals surface area contributed by atoms with Crippen LogP contribution in [0.15, 0.2) is 0 Å². The molecule has 0 aromatic carbocycles. The lowest BCUT2D eigenvalue weighted by atomic mass is 10.0. The Bertz CT molecular complexity index is 397. The maximum Gasteiger partial charge on any atom is 0.238 e. The summed E-state index contributed by atoms with van der Waals surface area (Å²) in [6, 6.07) is 0.381. The summed E-state index contributed by atoms with van der Waals surface area (Å²) < 4.78 is 24.7. The van der Waals surface area contributed by atoms with Gasteiger partial charge in [-0.2, -0.15) is 0 Å². The molecule has 5 nitrogen and oxygen atoms in total. The number of carbonyl (C=O) groups excluding carboxylic acids is 1. The van der Waals surface area contributed by atoms with Gasteiger partial charge in [-0.15, -0.1) is 0 Å². The van der Waals surface area contributed by atoms with Gasteiger partial charge in [0.25, 0.3) is 0 Å². The highest BCUT2D eigenvalue weighted by Gasteiger charge is 2.41. The zero-order valence-electron chi connectivity index (χ0n) is 10.4. The van der Waals surface area contributed by atoms with Crippen LogP contribution in [-0.2, 0) is 14.8 Å². The molecule has 0 saturated carbocycles. The quantitative estimate of drug-likeness (QED) is 0.722. The van der Waals surface area contributed by atoms with Gasteiger partial charge >= 0.3 is 0 Å². The lowest BCUT2D eigenvalue weighted by Gasteiger charge is -2.37. The number of carbonyl (C=O) groups is 1. The molecule has 0 atom stereocenters. The number of hydrogen-bond acceptors (Lipinski definition) is 4. The molecule has 0 aromatic heterocycles. The van der Waals surface area contributed by atoms with Gasteiger partial charge < -0.3 is 4.90 Å². The fraction of sp³-hybridized carbons (Fsp3) is 0.909. The van der Waals surface area contributed by atoms with E-state index in [1.54, 1.807) is 0 Å². The van der Waals surface area contributed by atoms with Crippen LogP contribution in [0.1, 0.15) is 33.1 Å². The van der Waals surface area contributed by atoms with E-state index in [1.165, 1.54) is 0 Å². The van der Waals surface area contributed by atoms with Crippen molar-refractivity contribution in [2.24, 2.45) is 0 Å². The van der Waals surface area contributed by atoms with E-state index in [2.05, 4.69) is 18.7 Å². The molecule has 2 rings (SSSR count). The van der Waals surface area contributed by atoms with Gasteiger partial charge in [-0.1, -0.05) is 0 Å². The van der Waals surface area contributed by atoms with Crippen LogP contribution in [0.3, 0.4) is 0 Å². The Kier molecular flexibility index (Phi) is 3.45. The molecule has 17 heavy (non-hydrogen) atoms. The summed E-state index contributed by atoms with van der Waals surface area (Å²) in [5.74, 6) is -0.219. The van der Waals surface area contributed by atoms with E-state index < -0.39 is 10.0 Å². The molecular weight excluding hydrogens is 240 g/mol. The van der Waals surface area contributed by atoms with Crippen LogP contribution in [0, 0.1) is 0 Å². The van der Waals surface area contributed by atoms with Gasteiger partial charge in [-0.25, -0.2) is 12.7 Å². The van der Waals surface area contributed by atoms with Crippen LogP contribution >= 0.6 is 0 Å². The van der Waals surface area contributed by atoms with Crippen LogP contribution in [0.5, 0.6) is 0 Å². The monoisotopic (exact) mass is 260 g/mol. The van der Waals surface area contributed by atoms with Crippen molar-refractivity contribution in [1.82, 2.24) is 9.21 Å². The maximum absolute atomic E-state index is 11.8. The Balaban J connectivity index is 2.04. The molecule has 6 heteroatoms. The van der Waals surface area contributed by atoms with E-state index in [0.29, 0.717) is 6.04 Å². The predicted octanol–water partition coefficient (Wildman–Crippen LogP) is 0.421. The van der Waals surface area contributed by atoms with Crippen molar-refractivity contribution < 1.29 is 13.2 Å². The molecule has 2 saturated heterocycles. The highest BCUT2D eigenvalue weighted by atomic mass is 32.2. The third kappa shape index (κ3) is 2.47. The van der Waals surface area contributed by atoms with Crippen molar-refractivity contribution in [2.45, 2.75) is 45.2 Å². The smallest absolute Gasteiger partial charge is 0.238 e. The first kappa shape index (κ1) is 12.8. The first-order chi connectivity index (χ1) is 7.92. The Morgan fingerprint density at radius 2 is 1.82 bits per heavy atom. The molecule has 0 radical (unpaired) electrons. The summed E-state index contributed by atoms with van der Waals surface area (Å²) in [5.41, 5.74) is 0. The zero-order chi connectivity index (χ0) is 12.6. The molecule has 1 amide bonds. The highest BCUT2D eigenvalue weighted by Crippen LogP contribution is 2.25. The van der Waals surface area contributed by atoms with Crippen LogP contribution in [0.25, 0.3) is 0 Å². The molecule has 2 fully saturated rings. The Morgan fingerprint density at radius 1 is 1.24 bits per heavy atom. The first-order valence-electron chi connectivity index (χ1n) is 6.21. The minimum atomic E-state index is -3.31. The van der Waals surface area contributed by atoms with Crippen LogP contribution < -0.4 is 0 Å². The van der Waals surface area contributed by atoms with Crippen molar-refractivity contribution in [3.63, 3.8) is 0 Å². The second-order valence-corrected chi connectivity index (χ2v) is 7.08. The van der Waals surface area contributed by atoms with E-state index in [0.717, 1.165) is 30.2 Å². The molecular formula is C11H20N2O3S. The van der Waals surface area contributed by atoms with Gasteiger partial charge in [-0.3, -0.25) is 4.79 Å². The lowest BCUT2D eigenvalue weighted by Crippen LogP contribution is -2.48. The van der Waals surface area contributed by atoms with Crippen molar-refractivity contribution in [1.29, 1.82) is 0 Å². The SMILES string of the molecule is CC(C)N1CCC(N2C(=O)CCS2(=O)=O)CC1. The molecule has 2 heterocycles. The summed E-state index contributed by atoms with van der Waals surface area (Å²) in [7, 11) is -3.31. The topological polar surface area (TPSA) is 57.7 Å². The summed E-state index contributed by atoms with van der Waals surface area (Å²) in [6.07, 6.45) is 1.69. The minimum absolute atomic E-state index is 0.00374. The van der Waals surface area contributed by atoms with E-state index in [9.17, 15) is 13.2 Å². The molecule has 0 bridgehead atoms. The summed E-state index contributed by atoms with van der Waals surface area (Å²) in [4.78, 5) is 14.0. The number of nitrogens with zero attached hydrogens (tertiary/aromatic N) is 2. The second-order valence-electron chi connectivity index (χ2n) is 5.12. The van der Waals surface area contributed by atoms with Crippen LogP contribution in [0.4, 0.5) is 0 Å². The van der Waals surface area contributed by atoms with Crippen molar-refractivity contribution >= 4 is 15.9 Å². The van der Waals surface area contributed by atoms with Gasteiger partial charge in [-0.05, 0) is 26.7 Å². The molecule has 2 aliphatic rings. The van der Waals surface area contributed by atoms with Gasteiger partial charge in [0.2, 0.25) is 15.9 Å². The Morgan fingerprint density at radius 3 is 2.24 bits per heavy atom. The average molecular weight is 260 g/mol. The second kappa shape index (κ2) is 4.57. The van der Waals surface area contributed by atoms with Gasteiger partial charge in [0.15, 0.2) is 0 Å².